The van der Waals surface area contributed by atoms with Gasteiger partial charge in [-0.3, -0.25) is 4.79 Å². The Balaban J connectivity index is 1.92. The minimum atomic E-state index is -0.630. The fourth-order valence-corrected chi connectivity index (χ4v) is 3.67. The van der Waals surface area contributed by atoms with Crippen LogP contribution in [0.1, 0.15) is 29.5 Å². The summed E-state index contributed by atoms with van der Waals surface area (Å²) in [4.78, 5) is 10.9. The van der Waals surface area contributed by atoms with E-state index in [0.717, 1.165) is 18.6 Å². The molecule has 2 atom stereocenters. The highest BCUT2D eigenvalue weighted by Crippen LogP contribution is 2.39. The number of aryl methyl sites for hydroxylation is 2. The average Bonchev–Trinajstić information content (AvgIpc) is 2.13. The third-order valence-corrected chi connectivity index (χ3v) is 4.77. The van der Waals surface area contributed by atoms with Crippen LogP contribution >= 0.6 is 11.8 Å². The molecule has 2 rings (SSSR count). The Labute approximate surface area is 106 Å². The van der Waals surface area contributed by atoms with Crippen molar-refractivity contribution in [1.29, 1.82) is 0 Å². The summed E-state index contributed by atoms with van der Waals surface area (Å²) in [5, 5.41) is 9.29. The second-order valence-electron chi connectivity index (χ2n) is 4.87. The average molecular weight is 250 g/mol. The zero-order chi connectivity index (χ0) is 12.4. The van der Waals surface area contributed by atoms with Crippen LogP contribution in [-0.4, -0.2) is 16.3 Å². The van der Waals surface area contributed by atoms with Gasteiger partial charge in [0.25, 0.3) is 0 Å². The van der Waals surface area contributed by atoms with E-state index in [4.69, 9.17) is 5.11 Å². The highest BCUT2D eigenvalue weighted by atomic mass is 32.2. The number of carboxylic acid groups (broad SMARTS) is 1. The van der Waals surface area contributed by atoms with Crippen LogP contribution in [0.25, 0.3) is 0 Å². The molecule has 2 unspecified atom stereocenters. The monoisotopic (exact) mass is 250 g/mol. The first kappa shape index (κ1) is 12.5. The predicted octanol–water partition coefficient (Wildman–Crippen LogP) is 3.40. The summed E-state index contributed by atoms with van der Waals surface area (Å²) in [5.74, 6) is 0.178. The molecule has 1 aromatic rings. The van der Waals surface area contributed by atoms with Gasteiger partial charge in [-0.1, -0.05) is 29.3 Å². The van der Waals surface area contributed by atoms with Gasteiger partial charge in [0.15, 0.2) is 0 Å². The molecular formula is C14H18O2S. The van der Waals surface area contributed by atoms with Crippen LogP contribution in [-0.2, 0) is 10.5 Å². The number of thioether (sulfide) groups is 1. The molecule has 0 amide bonds. The summed E-state index contributed by atoms with van der Waals surface area (Å²) < 4.78 is 0. The summed E-state index contributed by atoms with van der Waals surface area (Å²) in [6.45, 7) is 4.20. The summed E-state index contributed by atoms with van der Waals surface area (Å²) >= 11 is 1.79. The molecule has 1 saturated carbocycles. The van der Waals surface area contributed by atoms with Gasteiger partial charge in [-0.15, -0.1) is 0 Å². The molecule has 1 aromatic carbocycles. The van der Waals surface area contributed by atoms with E-state index in [0.29, 0.717) is 5.25 Å². The zero-order valence-electron chi connectivity index (χ0n) is 10.3. The van der Waals surface area contributed by atoms with E-state index in [1.165, 1.54) is 16.7 Å². The third kappa shape index (κ3) is 3.03. The van der Waals surface area contributed by atoms with Gasteiger partial charge >= 0.3 is 5.97 Å². The van der Waals surface area contributed by atoms with Crippen LogP contribution in [0.4, 0.5) is 0 Å². The molecule has 17 heavy (non-hydrogen) atoms. The van der Waals surface area contributed by atoms with Crippen molar-refractivity contribution in [2.75, 3.05) is 0 Å². The number of carboxylic acids is 1. The molecule has 3 heteroatoms. The molecule has 0 saturated heterocycles. The molecule has 2 nitrogen and oxygen atoms in total. The summed E-state index contributed by atoms with van der Waals surface area (Å²) in [6.07, 6.45) is 1.90. The molecule has 1 aliphatic rings. The molecule has 1 N–H and O–H groups in total. The first-order valence-corrected chi connectivity index (χ1v) is 7.02. The lowest BCUT2D eigenvalue weighted by molar-refractivity contribution is -0.144. The Bertz CT molecular complexity index is 408. The minimum Gasteiger partial charge on any atom is -0.481 e. The fraction of sp³-hybridized carbons (Fsp3) is 0.500. The molecule has 0 radical (unpaired) electrons. The normalized spacial score (nSPS) is 23.2. The lowest BCUT2D eigenvalue weighted by Gasteiger charge is -2.32. The number of rotatable bonds is 4. The lowest BCUT2D eigenvalue weighted by atomic mass is 9.85. The highest BCUT2D eigenvalue weighted by molar-refractivity contribution is 7.99. The van der Waals surface area contributed by atoms with Crippen LogP contribution in [0.2, 0.25) is 0 Å². The minimum absolute atomic E-state index is 0.120. The first-order valence-electron chi connectivity index (χ1n) is 5.98. The Morgan fingerprint density at radius 1 is 1.29 bits per heavy atom. The Hall–Kier alpha value is -0.960. The summed E-state index contributed by atoms with van der Waals surface area (Å²) in [7, 11) is 0. The molecule has 1 aliphatic carbocycles. The maximum absolute atomic E-state index is 10.9. The van der Waals surface area contributed by atoms with Crippen LogP contribution in [0, 0.1) is 19.8 Å². The lowest BCUT2D eigenvalue weighted by Crippen LogP contribution is -2.35. The van der Waals surface area contributed by atoms with Crippen LogP contribution < -0.4 is 0 Å². The van der Waals surface area contributed by atoms with Gasteiger partial charge in [0.05, 0.1) is 5.92 Å². The number of hydrogen-bond acceptors (Lipinski definition) is 2. The summed E-state index contributed by atoms with van der Waals surface area (Å²) in [5.41, 5.74) is 3.87. The van der Waals surface area contributed by atoms with E-state index in [2.05, 4.69) is 32.0 Å². The number of hydrogen-bond donors (Lipinski definition) is 1. The van der Waals surface area contributed by atoms with Gasteiger partial charge in [0.1, 0.15) is 0 Å². The van der Waals surface area contributed by atoms with Gasteiger partial charge in [-0.25, -0.2) is 0 Å². The van der Waals surface area contributed by atoms with Crippen LogP contribution in [0.15, 0.2) is 18.2 Å². The van der Waals surface area contributed by atoms with E-state index in [9.17, 15) is 4.79 Å². The number of carbonyl (C=O) groups is 1. The van der Waals surface area contributed by atoms with E-state index >= 15 is 0 Å². The molecule has 0 aliphatic heterocycles. The Morgan fingerprint density at radius 3 is 2.41 bits per heavy atom. The van der Waals surface area contributed by atoms with Crippen molar-refractivity contribution < 1.29 is 9.90 Å². The molecule has 92 valence electrons. The van der Waals surface area contributed by atoms with E-state index in [1.807, 2.05) is 0 Å². The van der Waals surface area contributed by atoms with Crippen molar-refractivity contribution >= 4 is 17.7 Å². The van der Waals surface area contributed by atoms with E-state index < -0.39 is 5.97 Å². The van der Waals surface area contributed by atoms with Crippen molar-refractivity contribution in [3.63, 3.8) is 0 Å². The van der Waals surface area contributed by atoms with Gasteiger partial charge < -0.3 is 5.11 Å². The van der Waals surface area contributed by atoms with Gasteiger partial charge in [-0.05, 0) is 32.3 Å². The Morgan fingerprint density at radius 2 is 1.94 bits per heavy atom. The van der Waals surface area contributed by atoms with Gasteiger partial charge in [-0.2, -0.15) is 11.8 Å². The van der Waals surface area contributed by atoms with Crippen molar-refractivity contribution in [3.05, 3.63) is 34.9 Å². The molecular weight excluding hydrogens is 232 g/mol. The van der Waals surface area contributed by atoms with Crippen molar-refractivity contribution in [2.45, 2.75) is 37.7 Å². The molecule has 0 aromatic heterocycles. The highest BCUT2D eigenvalue weighted by Gasteiger charge is 2.36. The summed E-state index contributed by atoms with van der Waals surface area (Å²) in [6, 6.07) is 6.54. The van der Waals surface area contributed by atoms with Crippen molar-refractivity contribution in [1.82, 2.24) is 0 Å². The smallest absolute Gasteiger partial charge is 0.307 e. The van der Waals surface area contributed by atoms with Crippen molar-refractivity contribution in [2.24, 2.45) is 5.92 Å². The first-order chi connectivity index (χ1) is 8.06. The maximum Gasteiger partial charge on any atom is 0.307 e. The zero-order valence-corrected chi connectivity index (χ0v) is 11.1. The number of aliphatic carboxylic acids is 1. The SMILES string of the molecule is Cc1cc(C)cc(CSC2CCC2C(=O)O)c1. The van der Waals surface area contributed by atoms with E-state index in [1.54, 1.807) is 11.8 Å². The molecule has 0 heterocycles. The second kappa shape index (κ2) is 5.13. The topological polar surface area (TPSA) is 37.3 Å². The fourth-order valence-electron chi connectivity index (χ4n) is 2.31. The Kier molecular flexibility index (Phi) is 3.77. The van der Waals surface area contributed by atoms with Crippen LogP contribution in [0.3, 0.4) is 0 Å². The second-order valence-corrected chi connectivity index (χ2v) is 6.10. The molecule has 1 fully saturated rings. The number of benzene rings is 1. The third-order valence-electron chi connectivity index (χ3n) is 3.27. The van der Waals surface area contributed by atoms with Gasteiger partial charge in [0.2, 0.25) is 0 Å². The van der Waals surface area contributed by atoms with Gasteiger partial charge in [0, 0.05) is 11.0 Å². The molecule has 0 spiro atoms. The predicted molar refractivity (Wildman–Crippen MR) is 71.4 cm³/mol. The maximum atomic E-state index is 10.9. The molecule has 0 bridgehead atoms. The largest absolute Gasteiger partial charge is 0.481 e. The quantitative estimate of drug-likeness (QED) is 0.890. The van der Waals surface area contributed by atoms with Crippen molar-refractivity contribution in [3.8, 4) is 0 Å². The standard InChI is InChI=1S/C14H18O2S/c1-9-5-10(2)7-11(6-9)8-17-13-4-3-12(13)14(15)16/h5-7,12-13H,3-4,8H2,1-2H3,(H,15,16). The van der Waals surface area contributed by atoms with E-state index in [-0.39, 0.29) is 5.92 Å². The van der Waals surface area contributed by atoms with Crippen LogP contribution in [0.5, 0.6) is 0 Å².